The standard InChI is InChI=1S/C12H8Br2ClFS/c1-6-2-3-7(16)4-8(6)11(13)10-5-9(15)12(14)17-10/h2-5,11H,1H3. The molecule has 0 N–H and O–H groups in total. The SMILES string of the molecule is Cc1ccc(F)cc1C(Br)c1cc(Cl)c(Br)s1. The van der Waals surface area contributed by atoms with Gasteiger partial charge in [0.2, 0.25) is 0 Å². The van der Waals surface area contributed by atoms with Crippen molar-refractivity contribution in [3.8, 4) is 0 Å². The lowest BCUT2D eigenvalue weighted by Crippen LogP contribution is -1.94. The van der Waals surface area contributed by atoms with Crippen LogP contribution < -0.4 is 0 Å². The van der Waals surface area contributed by atoms with Gasteiger partial charge in [-0.25, -0.2) is 4.39 Å². The molecule has 2 rings (SSSR count). The second-order valence-corrected chi connectivity index (χ2v) is 7.36. The zero-order chi connectivity index (χ0) is 12.6. The van der Waals surface area contributed by atoms with E-state index in [0.29, 0.717) is 5.02 Å². The zero-order valence-electron chi connectivity index (χ0n) is 8.81. The van der Waals surface area contributed by atoms with Crippen LogP contribution in [-0.4, -0.2) is 0 Å². The molecular weight excluding hydrogens is 390 g/mol. The summed E-state index contributed by atoms with van der Waals surface area (Å²) in [6, 6.07) is 6.69. The van der Waals surface area contributed by atoms with Gasteiger partial charge >= 0.3 is 0 Å². The van der Waals surface area contributed by atoms with E-state index in [0.717, 1.165) is 19.8 Å². The van der Waals surface area contributed by atoms with Crippen LogP contribution >= 0.6 is 54.8 Å². The van der Waals surface area contributed by atoms with E-state index in [1.165, 1.54) is 6.07 Å². The van der Waals surface area contributed by atoms with Crippen molar-refractivity contribution in [2.45, 2.75) is 11.8 Å². The topological polar surface area (TPSA) is 0 Å². The molecule has 1 atom stereocenters. The second kappa shape index (κ2) is 5.39. The highest BCUT2D eigenvalue weighted by molar-refractivity contribution is 9.11. The third kappa shape index (κ3) is 2.92. The highest BCUT2D eigenvalue weighted by atomic mass is 79.9. The molecule has 1 unspecified atom stereocenters. The van der Waals surface area contributed by atoms with Crippen molar-refractivity contribution < 1.29 is 4.39 Å². The molecule has 2 aromatic rings. The van der Waals surface area contributed by atoms with Crippen molar-refractivity contribution in [2.24, 2.45) is 0 Å². The lowest BCUT2D eigenvalue weighted by molar-refractivity contribution is 0.625. The van der Waals surface area contributed by atoms with E-state index in [1.54, 1.807) is 23.5 Å². The van der Waals surface area contributed by atoms with Crippen LogP contribution in [0.5, 0.6) is 0 Å². The quantitative estimate of drug-likeness (QED) is 0.537. The molecule has 0 radical (unpaired) electrons. The summed E-state index contributed by atoms with van der Waals surface area (Å²) in [7, 11) is 0. The first kappa shape index (κ1) is 13.5. The Hall–Kier alpha value is 0.1000. The van der Waals surface area contributed by atoms with Gasteiger partial charge in [-0.2, -0.15) is 0 Å². The Labute approximate surface area is 125 Å². The molecule has 1 aromatic carbocycles. The minimum absolute atomic E-state index is 0.0352. The predicted molar refractivity (Wildman–Crippen MR) is 78.9 cm³/mol. The van der Waals surface area contributed by atoms with Gasteiger partial charge in [-0.05, 0) is 52.2 Å². The van der Waals surface area contributed by atoms with Gasteiger partial charge in [0.05, 0.1) is 13.6 Å². The second-order valence-electron chi connectivity index (χ2n) is 3.63. The molecule has 0 bridgehead atoms. The Balaban J connectivity index is 2.42. The van der Waals surface area contributed by atoms with Crippen LogP contribution in [0.4, 0.5) is 4.39 Å². The van der Waals surface area contributed by atoms with E-state index in [1.807, 2.05) is 13.0 Å². The van der Waals surface area contributed by atoms with E-state index in [-0.39, 0.29) is 10.6 Å². The number of aryl methyl sites for hydroxylation is 1. The molecule has 0 nitrogen and oxygen atoms in total. The Morgan fingerprint density at radius 3 is 2.65 bits per heavy atom. The molecule has 1 heterocycles. The number of benzene rings is 1. The summed E-state index contributed by atoms with van der Waals surface area (Å²) >= 11 is 14.5. The highest BCUT2D eigenvalue weighted by Gasteiger charge is 2.17. The maximum atomic E-state index is 13.3. The third-order valence-corrected chi connectivity index (χ3v) is 6.26. The van der Waals surface area contributed by atoms with Gasteiger partial charge in [0, 0.05) is 4.88 Å². The largest absolute Gasteiger partial charge is 0.207 e. The van der Waals surface area contributed by atoms with E-state index in [9.17, 15) is 4.39 Å². The van der Waals surface area contributed by atoms with Crippen LogP contribution in [0.3, 0.4) is 0 Å². The molecule has 17 heavy (non-hydrogen) atoms. The van der Waals surface area contributed by atoms with Crippen LogP contribution in [0.25, 0.3) is 0 Å². The number of hydrogen-bond donors (Lipinski definition) is 0. The van der Waals surface area contributed by atoms with Crippen molar-refractivity contribution in [1.29, 1.82) is 0 Å². The monoisotopic (exact) mass is 396 g/mol. The lowest BCUT2D eigenvalue weighted by atomic mass is 10.0. The van der Waals surface area contributed by atoms with Crippen molar-refractivity contribution in [1.82, 2.24) is 0 Å². The lowest BCUT2D eigenvalue weighted by Gasteiger charge is -2.11. The molecule has 0 aliphatic heterocycles. The molecule has 0 spiro atoms. The van der Waals surface area contributed by atoms with Crippen molar-refractivity contribution in [3.63, 3.8) is 0 Å². The predicted octanol–water partition coefficient (Wildman–Crippen LogP) is 6.10. The summed E-state index contributed by atoms with van der Waals surface area (Å²) in [5.74, 6) is -0.225. The summed E-state index contributed by atoms with van der Waals surface area (Å²) in [5.41, 5.74) is 1.98. The maximum Gasteiger partial charge on any atom is 0.123 e. The van der Waals surface area contributed by atoms with E-state index in [4.69, 9.17) is 11.6 Å². The van der Waals surface area contributed by atoms with Crippen LogP contribution in [0.15, 0.2) is 28.1 Å². The fourth-order valence-corrected chi connectivity index (χ4v) is 4.18. The zero-order valence-corrected chi connectivity index (χ0v) is 13.6. The third-order valence-electron chi connectivity index (χ3n) is 2.43. The Bertz CT molecular complexity index is 534. The van der Waals surface area contributed by atoms with Crippen LogP contribution in [0, 0.1) is 12.7 Å². The fourth-order valence-electron chi connectivity index (χ4n) is 1.53. The van der Waals surface area contributed by atoms with Gasteiger partial charge in [0.15, 0.2) is 0 Å². The van der Waals surface area contributed by atoms with Gasteiger partial charge in [-0.15, -0.1) is 11.3 Å². The van der Waals surface area contributed by atoms with Crippen molar-refractivity contribution in [3.05, 3.63) is 54.9 Å². The minimum Gasteiger partial charge on any atom is -0.207 e. The average Bonchev–Trinajstić information content (AvgIpc) is 2.62. The minimum atomic E-state index is -0.225. The van der Waals surface area contributed by atoms with Gasteiger partial charge in [-0.1, -0.05) is 33.6 Å². The van der Waals surface area contributed by atoms with Crippen molar-refractivity contribution >= 4 is 54.8 Å². The molecule has 5 heteroatoms. The molecule has 0 fully saturated rings. The number of hydrogen-bond acceptors (Lipinski definition) is 1. The summed E-state index contributed by atoms with van der Waals surface area (Å²) in [5, 5.41) is 0.684. The number of halogens is 4. The van der Waals surface area contributed by atoms with Gasteiger partial charge in [0.25, 0.3) is 0 Å². The highest BCUT2D eigenvalue weighted by Crippen LogP contribution is 2.42. The fraction of sp³-hybridized carbons (Fsp3) is 0.167. The molecule has 0 saturated carbocycles. The van der Waals surface area contributed by atoms with Crippen LogP contribution in [0.1, 0.15) is 20.8 Å². The van der Waals surface area contributed by atoms with Gasteiger partial charge < -0.3 is 0 Å². The first-order valence-electron chi connectivity index (χ1n) is 4.84. The van der Waals surface area contributed by atoms with Crippen LogP contribution in [-0.2, 0) is 0 Å². The summed E-state index contributed by atoms with van der Waals surface area (Å²) in [6.45, 7) is 1.97. The molecular formula is C12H8Br2ClFS. The number of thiophene rings is 1. The first-order valence-corrected chi connectivity index (χ1v) is 7.74. The Morgan fingerprint density at radius 1 is 1.35 bits per heavy atom. The smallest absolute Gasteiger partial charge is 0.123 e. The molecule has 1 aromatic heterocycles. The summed E-state index contributed by atoms with van der Waals surface area (Å²) in [4.78, 5) is 1.02. The van der Waals surface area contributed by atoms with E-state index in [2.05, 4.69) is 31.9 Å². The summed E-state index contributed by atoms with van der Waals surface area (Å²) in [6.07, 6.45) is 0. The first-order chi connectivity index (χ1) is 7.99. The van der Waals surface area contributed by atoms with Gasteiger partial charge in [0.1, 0.15) is 5.82 Å². The molecule has 0 aliphatic carbocycles. The van der Waals surface area contributed by atoms with Gasteiger partial charge in [-0.3, -0.25) is 0 Å². The molecule has 0 aliphatic rings. The van der Waals surface area contributed by atoms with E-state index < -0.39 is 0 Å². The van der Waals surface area contributed by atoms with E-state index >= 15 is 0 Å². The summed E-state index contributed by atoms with van der Waals surface area (Å²) < 4.78 is 14.2. The normalized spacial score (nSPS) is 12.8. The maximum absolute atomic E-state index is 13.3. The molecule has 0 amide bonds. The number of rotatable bonds is 2. The number of alkyl halides is 1. The Morgan fingerprint density at radius 2 is 2.06 bits per heavy atom. The average molecular weight is 399 g/mol. The Kier molecular flexibility index (Phi) is 4.29. The van der Waals surface area contributed by atoms with Crippen LogP contribution in [0.2, 0.25) is 5.02 Å². The molecule has 90 valence electrons. The molecule has 0 saturated heterocycles. The van der Waals surface area contributed by atoms with Crippen molar-refractivity contribution in [2.75, 3.05) is 0 Å².